The third-order valence-electron chi connectivity index (χ3n) is 4.04. The predicted molar refractivity (Wildman–Crippen MR) is 109 cm³/mol. The Labute approximate surface area is 164 Å². The second kappa shape index (κ2) is 9.25. The number of hydrogen-bond donors (Lipinski definition) is 2. The summed E-state index contributed by atoms with van der Waals surface area (Å²) >= 11 is 1.38. The monoisotopic (exact) mass is 408 g/mol. The second-order valence-electron chi connectivity index (χ2n) is 5.87. The summed E-state index contributed by atoms with van der Waals surface area (Å²) in [5.74, 6) is -0.351. The molecule has 0 bridgehead atoms. The molecule has 6 nitrogen and oxygen atoms in total. The zero-order valence-corrected chi connectivity index (χ0v) is 17.2. The largest absolute Gasteiger partial charge is 0.506 e. The van der Waals surface area contributed by atoms with Gasteiger partial charge in [0.1, 0.15) is 5.75 Å². The SMILES string of the molecule is CCN(CC)S(=O)(=O)c1ccc(O)c(NC(=O)CSc2ccccc2C)c1. The van der Waals surface area contributed by atoms with Crippen LogP contribution in [0, 0.1) is 6.92 Å². The number of amides is 1. The van der Waals surface area contributed by atoms with Crippen LogP contribution in [-0.4, -0.2) is 42.6 Å². The van der Waals surface area contributed by atoms with E-state index in [9.17, 15) is 18.3 Å². The lowest BCUT2D eigenvalue weighted by molar-refractivity contribution is -0.113. The van der Waals surface area contributed by atoms with Crippen LogP contribution in [0.4, 0.5) is 5.69 Å². The molecule has 1 amide bonds. The number of sulfonamides is 1. The van der Waals surface area contributed by atoms with Crippen LogP contribution < -0.4 is 5.32 Å². The highest BCUT2D eigenvalue weighted by Gasteiger charge is 2.23. The number of carbonyl (C=O) groups excluding carboxylic acids is 1. The van der Waals surface area contributed by atoms with Gasteiger partial charge in [0.25, 0.3) is 0 Å². The van der Waals surface area contributed by atoms with Crippen LogP contribution in [-0.2, 0) is 14.8 Å². The van der Waals surface area contributed by atoms with Gasteiger partial charge in [-0.05, 0) is 36.8 Å². The van der Waals surface area contributed by atoms with Crippen molar-refractivity contribution in [2.45, 2.75) is 30.6 Å². The van der Waals surface area contributed by atoms with E-state index >= 15 is 0 Å². The van der Waals surface area contributed by atoms with Crippen molar-refractivity contribution in [3.05, 3.63) is 48.0 Å². The third-order valence-corrected chi connectivity index (χ3v) is 7.26. The van der Waals surface area contributed by atoms with Gasteiger partial charge in [0, 0.05) is 18.0 Å². The van der Waals surface area contributed by atoms with E-state index in [0.717, 1.165) is 10.5 Å². The lowest BCUT2D eigenvalue weighted by Gasteiger charge is -2.19. The van der Waals surface area contributed by atoms with Crippen LogP contribution in [0.5, 0.6) is 5.75 Å². The standard InChI is InChI=1S/C19H24N2O4S2/c1-4-21(5-2)27(24,25)15-10-11-17(22)16(12-15)20-19(23)13-26-18-9-7-6-8-14(18)3/h6-12,22H,4-5,13H2,1-3H3,(H,20,23). The number of aromatic hydroxyl groups is 1. The van der Waals surface area contributed by atoms with Gasteiger partial charge >= 0.3 is 0 Å². The maximum Gasteiger partial charge on any atom is 0.243 e. The number of phenols is 1. The quantitative estimate of drug-likeness (QED) is 0.516. The molecule has 2 aromatic carbocycles. The van der Waals surface area contributed by atoms with E-state index in [4.69, 9.17) is 0 Å². The maximum atomic E-state index is 12.6. The Bertz CT molecular complexity index is 910. The Hall–Kier alpha value is -2.03. The molecule has 0 aliphatic rings. The van der Waals surface area contributed by atoms with Crippen molar-refractivity contribution < 1.29 is 18.3 Å². The highest BCUT2D eigenvalue weighted by atomic mass is 32.2. The maximum absolute atomic E-state index is 12.6. The Morgan fingerprint density at radius 1 is 1.15 bits per heavy atom. The molecular weight excluding hydrogens is 384 g/mol. The van der Waals surface area contributed by atoms with Gasteiger partial charge in [0.2, 0.25) is 15.9 Å². The van der Waals surface area contributed by atoms with Crippen molar-refractivity contribution >= 4 is 33.4 Å². The first-order valence-corrected chi connectivity index (χ1v) is 11.0. The smallest absolute Gasteiger partial charge is 0.243 e. The highest BCUT2D eigenvalue weighted by Crippen LogP contribution is 2.29. The van der Waals surface area contributed by atoms with Gasteiger partial charge in [-0.15, -0.1) is 11.8 Å². The lowest BCUT2D eigenvalue weighted by atomic mass is 10.2. The molecule has 0 radical (unpaired) electrons. The molecule has 0 spiro atoms. The van der Waals surface area contributed by atoms with Crippen LogP contribution in [0.2, 0.25) is 0 Å². The van der Waals surface area contributed by atoms with Crippen molar-refractivity contribution in [2.24, 2.45) is 0 Å². The van der Waals surface area contributed by atoms with Crippen molar-refractivity contribution in [1.82, 2.24) is 4.31 Å². The van der Waals surface area contributed by atoms with Crippen LogP contribution >= 0.6 is 11.8 Å². The van der Waals surface area contributed by atoms with E-state index in [2.05, 4.69) is 5.32 Å². The first-order chi connectivity index (χ1) is 12.8. The molecule has 0 heterocycles. The molecular formula is C19H24N2O4S2. The Balaban J connectivity index is 2.14. The number of hydrogen-bond acceptors (Lipinski definition) is 5. The second-order valence-corrected chi connectivity index (χ2v) is 8.83. The number of carbonyl (C=O) groups is 1. The molecule has 0 aliphatic heterocycles. The molecule has 146 valence electrons. The fourth-order valence-corrected chi connectivity index (χ4v) is 4.85. The van der Waals surface area contributed by atoms with E-state index in [0.29, 0.717) is 13.1 Å². The minimum Gasteiger partial charge on any atom is -0.506 e. The first kappa shape index (κ1) is 21.3. The lowest BCUT2D eigenvalue weighted by Crippen LogP contribution is -2.30. The third kappa shape index (κ3) is 5.24. The molecule has 0 atom stereocenters. The molecule has 0 fully saturated rings. The molecule has 0 aliphatic carbocycles. The van der Waals surface area contributed by atoms with Crippen molar-refractivity contribution in [2.75, 3.05) is 24.2 Å². The minimum absolute atomic E-state index is 0.0332. The fraction of sp³-hybridized carbons (Fsp3) is 0.316. The van der Waals surface area contributed by atoms with Crippen LogP contribution in [0.25, 0.3) is 0 Å². The average Bonchev–Trinajstić information content (AvgIpc) is 2.63. The van der Waals surface area contributed by atoms with Crippen molar-refractivity contribution in [3.63, 3.8) is 0 Å². The number of benzene rings is 2. The van der Waals surface area contributed by atoms with Gasteiger partial charge in [-0.1, -0.05) is 32.0 Å². The van der Waals surface area contributed by atoms with Crippen LogP contribution in [0.3, 0.4) is 0 Å². The Kier molecular flexibility index (Phi) is 7.29. The summed E-state index contributed by atoms with van der Waals surface area (Å²) in [6, 6.07) is 11.6. The highest BCUT2D eigenvalue weighted by molar-refractivity contribution is 8.00. The number of rotatable bonds is 8. The molecule has 8 heteroatoms. The number of anilines is 1. The summed E-state index contributed by atoms with van der Waals surface area (Å²) < 4.78 is 26.6. The number of nitrogens with zero attached hydrogens (tertiary/aromatic N) is 1. The van der Waals surface area contributed by atoms with E-state index in [1.807, 2.05) is 31.2 Å². The van der Waals surface area contributed by atoms with Gasteiger partial charge in [0.05, 0.1) is 16.3 Å². The summed E-state index contributed by atoms with van der Waals surface area (Å²) in [7, 11) is -3.67. The van der Waals surface area contributed by atoms with Crippen molar-refractivity contribution in [3.8, 4) is 5.75 Å². The zero-order valence-electron chi connectivity index (χ0n) is 15.6. The Morgan fingerprint density at radius 2 is 1.81 bits per heavy atom. The molecule has 0 saturated heterocycles. The molecule has 27 heavy (non-hydrogen) atoms. The topological polar surface area (TPSA) is 86.7 Å². The summed E-state index contributed by atoms with van der Waals surface area (Å²) in [6.07, 6.45) is 0. The van der Waals surface area contributed by atoms with E-state index in [1.165, 1.54) is 34.3 Å². The fourth-order valence-electron chi connectivity index (χ4n) is 2.54. The van der Waals surface area contributed by atoms with Gasteiger partial charge in [-0.2, -0.15) is 4.31 Å². The molecule has 0 saturated carbocycles. The van der Waals surface area contributed by atoms with Gasteiger partial charge in [-0.25, -0.2) is 8.42 Å². The van der Waals surface area contributed by atoms with Crippen LogP contribution in [0.1, 0.15) is 19.4 Å². The summed E-state index contributed by atoms with van der Waals surface area (Å²) in [5.41, 5.74) is 1.16. The van der Waals surface area contributed by atoms with Gasteiger partial charge in [-0.3, -0.25) is 4.79 Å². The summed E-state index contributed by atoms with van der Waals surface area (Å²) in [4.78, 5) is 13.3. The normalized spacial score (nSPS) is 11.6. The summed E-state index contributed by atoms with van der Waals surface area (Å²) in [5, 5.41) is 12.6. The van der Waals surface area contributed by atoms with E-state index in [-0.39, 0.29) is 28.0 Å². The van der Waals surface area contributed by atoms with E-state index in [1.54, 1.807) is 13.8 Å². The number of aryl methyl sites for hydroxylation is 1. The summed E-state index contributed by atoms with van der Waals surface area (Å²) in [6.45, 7) is 6.16. The number of phenolic OH excluding ortho intramolecular Hbond substituents is 1. The molecule has 2 rings (SSSR count). The number of thioether (sulfide) groups is 1. The molecule has 2 N–H and O–H groups in total. The molecule has 0 aromatic heterocycles. The minimum atomic E-state index is -3.67. The number of nitrogens with one attached hydrogen (secondary N) is 1. The van der Waals surface area contributed by atoms with Gasteiger partial charge in [0.15, 0.2) is 0 Å². The van der Waals surface area contributed by atoms with Crippen molar-refractivity contribution in [1.29, 1.82) is 0 Å². The molecule has 0 unspecified atom stereocenters. The average molecular weight is 409 g/mol. The Morgan fingerprint density at radius 3 is 2.44 bits per heavy atom. The molecule has 2 aromatic rings. The predicted octanol–water partition coefficient (Wildman–Crippen LogP) is 3.46. The van der Waals surface area contributed by atoms with Crippen LogP contribution in [0.15, 0.2) is 52.3 Å². The zero-order chi connectivity index (χ0) is 20.0. The first-order valence-electron chi connectivity index (χ1n) is 8.61. The van der Waals surface area contributed by atoms with Gasteiger partial charge < -0.3 is 10.4 Å². The van der Waals surface area contributed by atoms with E-state index < -0.39 is 10.0 Å².